The lowest BCUT2D eigenvalue weighted by molar-refractivity contribution is -0.130. The van der Waals surface area contributed by atoms with Gasteiger partial charge in [0.1, 0.15) is 6.61 Å². The molecular formula is C17H34N2O3S3. The highest BCUT2D eigenvalue weighted by molar-refractivity contribution is 8.77. The van der Waals surface area contributed by atoms with Crippen molar-refractivity contribution in [1.82, 2.24) is 9.80 Å². The van der Waals surface area contributed by atoms with Crippen molar-refractivity contribution in [1.29, 1.82) is 0 Å². The predicted molar refractivity (Wildman–Crippen MR) is 114 cm³/mol. The second-order valence-corrected chi connectivity index (χ2v) is 11.2. The third kappa shape index (κ3) is 12.9. The standard InChI is InChI=1S/C17H34N2O3S3/c1-16(2,3)19(7)11-10-18(6)14(20)8-9-17(4,5)25-24-13-12-22-15(21)23/h8-13H2,1-7H3,(H,21,23). The minimum Gasteiger partial charge on any atom is -0.457 e. The first-order valence-corrected chi connectivity index (χ1v) is 11.2. The van der Waals surface area contributed by atoms with Crippen LogP contribution < -0.4 is 0 Å². The second-order valence-electron chi connectivity index (χ2n) is 7.69. The van der Waals surface area contributed by atoms with Crippen LogP contribution in [0.5, 0.6) is 0 Å². The van der Waals surface area contributed by atoms with Gasteiger partial charge in [-0.2, -0.15) is 0 Å². The van der Waals surface area contributed by atoms with E-state index in [1.165, 1.54) is 0 Å². The highest BCUT2D eigenvalue weighted by atomic mass is 33.1. The molecule has 1 amide bonds. The molecule has 0 atom stereocenters. The molecule has 8 heteroatoms. The second kappa shape index (κ2) is 11.6. The number of carbonyl (C=O) groups is 2. The zero-order valence-corrected chi connectivity index (χ0v) is 19.2. The van der Waals surface area contributed by atoms with Crippen molar-refractivity contribution in [2.75, 3.05) is 39.5 Å². The number of hydrogen-bond acceptors (Lipinski definition) is 6. The van der Waals surface area contributed by atoms with Crippen molar-refractivity contribution in [3.63, 3.8) is 0 Å². The summed E-state index contributed by atoms with van der Waals surface area (Å²) >= 11 is 3.56. The minimum absolute atomic E-state index is 0.00561. The zero-order valence-electron chi connectivity index (χ0n) is 16.6. The Hall–Kier alpha value is -0.0500. The summed E-state index contributed by atoms with van der Waals surface area (Å²) in [6, 6.07) is 0. The van der Waals surface area contributed by atoms with Crippen LogP contribution >= 0.6 is 34.2 Å². The van der Waals surface area contributed by atoms with Crippen molar-refractivity contribution in [3.8, 4) is 0 Å². The van der Waals surface area contributed by atoms with E-state index in [1.54, 1.807) is 21.6 Å². The predicted octanol–water partition coefficient (Wildman–Crippen LogP) is 4.18. The molecule has 0 fully saturated rings. The lowest BCUT2D eigenvalue weighted by Crippen LogP contribution is -2.43. The quantitative estimate of drug-likeness (QED) is 0.239. The smallest absolute Gasteiger partial charge is 0.364 e. The van der Waals surface area contributed by atoms with Gasteiger partial charge in [-0.05, 0) is 48.1 Å². The van der Waals surface area contributed by atoms with Gasteiger partial charge in [-0.25, -0.2) is 4.79 Å². The Labute approximate surface area is 166 Å². The van der Waals surface area contributed by atoms with Gasteiger partial charge in [0.15, 0.2) is 0 Å². The highest BCUT2D eigenvalue weighted by Crippen LogP contribution is 2.38. The molecule has 0 saturated carbocycles. The van der Waals surface area contributed by atoms with Gasteiger partial charge in [0.05, 0.1) is 0 Å². The maximum absolute atomic E-state index is 12.3. The number of likely N-dealkylation sites (N-methyl/N-ethyl adjacent to an activating group) is 2. The molecule has 0 rings (SSSR count). The molecule has 5 nitrogen and oxygen atoms in total. The van der Waals surface area contributed by atoms with Crippen molar-refractivity contribution in [2.45, 2.75) is 57.7 Å². The molecule has 0 bridgehead atoms. The van der Waals surface area contributed by atoms with E-state index >= 15 is 0 Å². The van der Waals surface area contributed by atoms with Gasteiger partial charge in [-0.1, -0.05) is 34.2 Å². The normalized spacial score (nSPS) is 12.4. The molecule has 0 aromatic heterocycles. The largest absolute Gasteiger partial charge is 0.457 e. The number of nitrogens with zero attached hydrogens (tertiary/aromatic N) is 2. The molecule has 0 aliphatic heterocycles. The topological polar surface area (TPSA) is 49.9 Å². The van der Waals surface area contributed by atoms with Gasteiger partial charge in [0, 0.05) is 42.6 Å². The van der Waals surface area contributed by atoms with Crippen LogP contribution in [0.3, 0.4) is 0 Å². The third-order valence-electron chi connectivity index (χ3n) is 3.96. The van der Waals surface area contributed by atoms with Gasteiger partial charge in [-0.15, -0.1) is 0 Å². The van der Waals surface area contributed by atoms with E-state index in [1.807, 2.05) is 11.9 Å². The number of carbonyl (C=O) groups excluding carboxylic acids is 2. The summed E-state index contributed by atoms with van der Waals surface area (Å²) in [5, 5.41) is -0.546. The third-order valence-corrected chi connectivity index (χ3v) is 7.40. The Morgan fingerprint density at radius 1 is 1.08 bits per heavy atom. The first-order chi connectivity index (χ1) is 11.3. The zero-order chi connectivity index (χ0) is 19.7. The first kappa shape index (κ1) is 24.9. The summed E-state index contributed by atoms with van der Waals surface area (Å²) in [7, 11) is 7.34. The Morgan fingerprint density at radius 3 is 2.20 bits per heavy atom. The van der Waals surface area contributed by atoms with Gasteiger partial charge < -0.3 is 9.64 Å². The Balaban J connectivity index is 4.06. The number of hydrogen-bond donors (Lipinski definition) is 1. The monoisotopic (exact) mass is 410 g/mol. The number of amides is 1. The first-order valence-electron chi connectivity index (χ1n) is 8.47. The number of ether oxygens (including phenoxy) is 1. The molecule has 0 heterocycles. The lowest BCUT2D eigenvalue weighted by Gasteiger charge is -2.33. The summed E-state index contributed by atoms with van der Waals surface area (Å²) in [5.74, 6) is 0.901. The Morgan fingerprint density at radius 2 is 1.68 bits per heavy atom. The highest BCUT2D eigenvalue weighted by Gasteiger charge is 2.22. The van der Waals surface area contributed by atoms with Crippen LogP contribution in [-0.2, 0) is 9.53 Å². The van der Waals surface area contributed by atoms with Gasteiger partial charge in [-0.3, -0.25) is 9.69 Å². The fourth-order valence-electron chi connectivity index (χ4n) is 1.76. The summed E-state index contributed by atoms with van der Waals surface area (Å²) < 4.78 is 4.78. The van der Waals surface area contributed by atoms with E-state index in [4.69, 9.17) is 4.74 Å². The van der Waals surface area contributed by atoms with Crippen LogP contribution in [0.15, 0.2) is 0 Å². The molecule has 0 spiro atoms. The van der Waals surface area contributed by atoms with Gasteiger partial charge >= 0.3 is 5.30 Å². The molecule has 0 aromatic carbocycles. The van der Waals surface area contributed by atoms with Gasteiger partial charge in [0.25, 0.3) is 0 Å². The molecule has 0 radical (unpaired) electrons. The maximum atomic E-state index is 12.3. The van der Waals surface area contributed by atoms with E-state index < -0.39 is 5.30 Å². The SMILES string of the molecule is CN(CCN(C)C(C)(C)C)C(=O)CCC(C)(C)SSCCOC(=O)S. The molecule has 0 unspecified atom stereocenters. The van der Waals surface area contributed by atoms with E-state index in [-0.39, 0.29) is 16.2 Å². The Bertz CT molecular complexity index is 426. The van der Waals surface area contributed by atoms with E-state index in [0.717, 1.165) is 19.5 Å². The molecule has 148 valence electrons. The molecule has 0 aliphatic rings. The van der Waals surface area contributed by atoms with Crippen LogP contribution in [0.25, 0.3) is 0 Å². The van der Waals surface area contributed by atoms with Crippen LogP contribution in [0.2, 0.25) is 0 Å². The van der Waals surface area contributed by atoms with Crippen molar-refractivity contribution in [2.24, 2.45) is 0 Å². The average Bonchev–Trinajstić information content (AvgIpc) is 2.48. The van der Waals surface area contributed by atoms with E-state index in [9.17, 15) is 9.59 Å². The number of rotatable bonds is 11. The van der Waals surface area contributed by atoms with E-state index in [2.05, 4.69) is 59.2 Å². The van der Waals surface area contributed by atoms with Crippen molar-refractivity contribution >= 4 is 45.4 Å². The summed E-state index contributed by atoms with van der Waals surface area (Å²) in [6.45, 7) is 12.7. The van der Waals surface area contributed by atoms with Crippen LogP contribution in [0.1, 0.15) is 47.5 Å². The fourth-order valence-corrected chi connectivity index (χ4v) is 4.26. The van der Waals surface area contributed by atoms with Crippen LogP contribution in [0, 0.1) is 0 Å². The van der Waals surface area contributed by atoms with Gasteiger partial charge in [0.2, 0.25) is 5.91 Å². The molecule has 0 N–H and O–H groups in total. The summed E-state index contributed by atoms with van der Waals surface area (Å²) in [6.07, 6.45) is 1.36. The molecule has 0 aromatic rings. The molecule has 0 aliphatic carbocycles. The molecular weight excluding hydrogens is 376 g/mol. The maximum Gasteiger partial charge on any atom is 0.364 e. The molecule has 25 heavy (non-hydrogen) atoms. The van der Waals surface area contributed by atoms with Crippen molar-refractivity contribution < 1.29 is 14.3 Å². The number of thiol groups is 1. The van der Waals surface area contributed by atoms with Crippen LogP contribution in [-0.4, -0.2) is 70.8 Å². The fraction of sp³-hybridized carbons (Fsp3) is 0.882. The summed E-state index contributed by atoms with van der Waals surface area (Å²) in [4.78, 5) is 27.0. The Kier molecular flexibility index (Phi) is 11.6. The molecule has 0 saturated heterocycles. The lowest BCUT2D eigenvalue weighted by atomic mass is 10.1. The average molecular weight is 411 g/mol. The minimum atomic E-state index is -0.546. The van der Waals surface area contributed by atoms with Crippen molar-refractivity contribution in [3.05, 3.63) is 0 Å². The van der Waals surface area contributed by atoms with Crippen LogP contribution in [0.4, 0.5) is 4.79 Å². The van der Waals surface area contributed by atoms with E-state index in [0.29, 0.717) is 18.8 Å². The summed E-state index contributed by atoms with van der Waals surface area (Å²) in [5.41, 5.74) is 0.112.